The van der Waals surface area contributed by atoms with Crippen molar-refractivity contribution in [3.05, 3.63) is 46.7 Å². The van der Waals surface area contributed by atoms with Gasteiger partial charge >= 0.3 is 0 Å². The topological polar surface area (TPSA) is 41.6 Å². The van der Waals surface area contributed by atoms with Crippen molar-refractivity contribution in [2.24, 2.45) is 0 Å². The summed E-state index contributed by atoms with van der Waals surface area (Å²) in [7, 11) is 0. The molecule has 0 fully saturated rings. The zero-order valence-electron chi connectivity index (χ0n) is 9.52. The van der Waals surface area contributed by atoms with Crippen molar-refractivity contribution in [2.75, 3.05) is 0 Å². The highest BCUT2D eigenvalue weighted by molar-refractivity contribution is 6.29. The lowest BCUT2D eigenvalue weighted by Gasteiger charge is -2.02. The second-order valence-corrected chi connectivity index (χ2v) is 4.17. The SMILES string of the molecule is CCCc1cc(Cl)n(-c2cccc(C#N)c2)n1. The van der Waals surface area contributed by atoms with Crippen molar-refractivity contribution >= 4 is 11.6 Å². The average Bonchev–Trinajstić information content (AvgIpc) is 2.71. The smallest absolute Gasteiger partial charge is 0.133 e. The van der Waals surface area contributed by atoms with Crippen LogP contribution in [-0.4, -0.2) is 9.78 Å². The minimum atomic E-state index is 0.573. The molecule has 86 valence electrons. The minimum Gasteiger partial charge on any atom is -0.222 e. The standard InChI is InChI=1S/C13H12ClN3/c1-2-4-11-8-13(14)17(16-11)12-6-3-5-10(7-12)9-15/h3,5-8H,2,4H2,1H3. The third kappa shape index (κ3) is 2.48. The van der Waals surface area contributed by atoms with Crippen LogP contribution in [0.1, 0.15) is 24.6 Å². The molecule has 0 radical (unpaired) electrons. The first-order valence-electron chi connectivity index (χ1n) is 5.49. The van der Waals surface area contributed by atoms with Crippen LogP contribution in [0.25, 0.3) is 5.69 Å². The van der Waals surface area contributed by atoms with Crippen LogP contribution < -0.4 is 0 Å². The van der Waals surface area contributed by atoms with Crippen LogP contribution in [0.5, 0.6) is 0 Å². The third-order valence-electron chi connectivity index (χ3n) is 2.44. The Balaban J connectivity index is 2.42. The highest BCUT2D eigenvalue weighted by Gasteiger charge is 2.07. The Morgan fingerprint density at radius 1 is 1.41 bits per heavy atom. The number of nitrogens with zero attached hydrogens (tertiary/aromatic N) is 3. The molecule has 2 rings (SSSR count). The second kappa shape index (κ2) is 5.03. The van der Waals surface area contributed by atoms with E-state index in [1.54, 1.807) is 16.8 Å². The molecular weight excluding hydrogens is 234 g/mol. The Hall–Kier alpha value is -1.79. The van der Waals surface area contributed by atoms with Gasteiger partial charge in [-0.25, -0.2) is 4.68 Å². The summed E-state index contributed by atoms with van der Waals surface area (Å²) < 4.78 is 1.66. The maximum atomic E-state index is 8.86. The van der Waals surface area contributed by atoms with Gasteiger partial charge in [-0.1, -0.05) is 31.0 Å². The van der Waals surface area contributed by atoms with Gasteiger partial charge in [0.15, 0.2) is 0 Å². The van der Waals surface area contributed by atoms with Crippen molar-refractivity contribution in [3.63, 3.8) is 0 Å². The third-order valence-corrected chi connectivity index (χ3v) is 2.71. The minimum absolute atomic E-state index is 0.573. The maximum absolute atomic E-state index is 8.86. The fraction of sp³-hybridized carbons (Fsp3) is 0.231. The van der Waals surface area contributed by atoms with Gasteiger partial charge < -0.3 is 0 Å². The molecule has 1 heterocycles. The number of nitriles is 1. The maximum Gasteiger partial charge on any atom is 0.133 e. The predicted molar refractivity (Wildman–Crippen MR) is 67.3 cm³/mol. The molecule has 0 spiro atoms. The summed E-state index contributed by atoms with van der Waals surface area (Å²) in [5.41, 5.74) is 2.39. The molecule has 0 aliphatic rings. The zero-order chi connectivity index (χ0) is 12.3. The Morgan fingerprint density at radius 2 is 2.24 bits per heavy atom. The molecule has 4 heteroatoms. The van der Waals surface area contributed by atoms with Gasteiger partial charge in [-0.3, -0.25) is 0 Å². The highest BCUT2D eigenvalue weighted by Crippen LogP contribution is 2.18. The van der Waals surface area contributed by atoms with Crippen molar-refractivity contribution < 1.29 is 0 Å². The van der Waals surface area contributed by atoms with Gasteiger partial charge in [0.25, 0.3) is 0 Å². The van der Waals surface area contributed by atoms with Crippen LogP contribution in [0.4, 0.5) is 0 Å². The molecule has 1 aromatic heterocycles. The fourth-order valence-corrected chi connectivity index (χ4v) is 1.93. The largest absolute Gasteiger partial charge is 0.222 e. The molecule has 0 saturated carbocycles. The van der Waals surface area contributed by atoms with Gasteiger partial charge in [-0.05, 0) is 30.7 Å². The fourth-order valence-electron chi connectivity index (χ4n) is 1.67. The Kier molecular flexibility index (Phi) is 3.46. The molecule has 0 N–H and O–H groups in total. The molecule has 2 aromatic rings. The van der Waals surface area contributed by atoms with E-state index in [-0.39, 0.29) is 0 Å². The van der Waals surface area contributed by atoms with Crippen molar-refractivity contribution in [2.45, 2.75) is 19.8 Å². The van der Waals surface area contributed by atoms with Gasteiger partial charge in [-0.15, -0.1) is 0 Å². The lowest BCUT2D eigenvalue weighted by atomic mass is 10.2. The first-order chi connectivity index (χ1) is 8.24. The monoisotopic (exact) mass is 245 g/mol. The van der Waals surface area contributed by atoms with E-state index in [4.69, 9.17) is 16.9 Å². The van der Waals surface area contributed by atoms with Crippen LogP contribution in [0, 0.1) is 11.3 Å². The van der Waals surface area contributed by atoms with Crippen LogP contribution in [0.3, 0.4) is 0 Å². The summed E-state index contributed by atoms with van der Waals surface area (Å²) in [6.07, 6.45) is 1.94. The summed E-state index contributed by atoms with van der Waals surface area (Å²) in [5.74, 6) is 0. The molecule has 0 saturated heterocycles. The van der Waals surface area contributed by atoms with Gasteiger partial charge in [0.2, 0.25) is 0 Å². The molecular formula is C13H12ClN3. The Labute approximate surface area is 105 Å². The average molecular weight is 246 g/mol. The van der Waals surface area contributed by atoms with Gasteiger partial charge in [-0.2, -0.15) is 10.4 Å². The summed E-state index contributed by atoms with van der Waals surface area (Å²) in [6, 6.07) is 11.2. The van der Waals surface area contributed by atoms with E-state index < -0.39 is 0 Å². The van der Waals surface area contributed by atoms with E-state index in [0.717, 1.165) is 24.2 Å². The van der Waals surface area contributed by atoms with E-state index in [2.05, 4.69) is 18.1 Å². The van der Waals surface area contributed by atoms with Crippen molar-refractivity contribution in [3.8, 4) is 11.8 Å². The van der Waals surface area contributed by atoms with E-state index in [0.29, 0.717) is 10.7 Å². The predicted octanol–water partition coefficient (Wildman–Crippen LogP) is 3.35. The van der Waals surface area contributed by atoms with E-state index in [1.807, 2.05) is 18.2 Å². The number of rotatable bonds is 3. The quantitative estimate of drug-likeness (QED) is 0.832. The summed E-state index contributed by atoms with van der Waals surface area (Å²) in [4.78, 5) is 0. The number of hydrogen-bond donors (Lipinski definition) is 0. The molecule has 0 aliphatic carbocycles. The number of hydrogen-bond acceptors (Lipinski definition) is 2. The van der Waals surface area contributed by atoms with Crippen LogP contribution in [0.2, 0.25) is 5.15 Å². The Morgan fingerprint density at radius 3 is 2.94 bits per heavy atom. The summed E-state index contributed by atoms with van der Waals surface area (Å²) in [6.45, 7) is 2.10. The van der Waals surface area contributed by atoms with E-state index in [1.165, 1.54) is 0 Å². The first-order valence-corrected chi connectivity index (χ1v) is 5.87. The Bertz CT molecular complexity index is 566. The highest BCUT2D eigenvalue weighted by atomic mass is 35.5. The van der Waals surface area contributed by atoms with E-state index in [9.17, 15) is 0 Å². The molecule has 0 aliphatic heterocycles. The first kappa shape index (κ1) is 11.7. The van der Waals surface area contributed by atoms with Crippen LogP contribution in [-0.2, 0) is 6.42 Å². The number of halogens is 1. The lowest BCUT2D eigenvalue weighted by Crippen LogP contribution is -1.98. The van der Waals surface area contributed by atoms with Crippen molar-refractivity contribution in [1.29, 1.82) is 5.26 Å². The molecule has 0 unspecified atom stereocenters. The van der Waals surface area contributed by atoms with Gasteiger partial charge in [0.1, 0.15) is 5.15 Å². The van der Waals surface area contributed by atoms with Crippen molar-refractivity contribution in [1.82, 2.24) is 9.78 Å². The molecule has 0 amide bonds. The number of aryl methyl sites for hydroxylation is 1. The van der Waals surface area contributed by atoms with E-state index >= 15 is 0 Å². The van der Waals surface area contributed by atoms with Gasteiger partial charge in [0, 0.05) is 0 Å². The van der Waals surface area contributed by atoms with Gasteiger partial charge in [0.05, 0.1) is 23.0 Å². The number of aromatic nitrogens is 2. The van der Waals surface area contributed by atoms with Crippen LogP contribution in [0.15, 0.2) is 30.3 Å². The zero-order valence-corrected chi connectivity index (χ0v) is 10.3. The summed E-state index contributed by atoms with van der Waals surface area (Å²) >= 11 is 6.13. The molecule has 3 nitrogen and oxygen atoms in total. The lowest BCUT2D eigenvalue weighted by molar-refractivity contribution is 0.807. The molecule has 1 aromatic carbocycles. The molecule has 17 heavy (non-hydrogen) atoms. The second-order valence-electron chi connectivity index (χ2n) is 3.78. The molecule has 0 bridgehead atoms. The summed E-state index contributed by atoms with van der Waals surface area (Å²) in [5, 5.41) is 13.8. The number of benzene rings is 1. The molecule has 0 atom stereocenters. The normalized spacial score (nSPS) is 10.2. The van der Waals surface area contributed by atoms with Crippen LogP contribution >= 0.6 is 11.6 Å².